The summed E-state index contributed by atoms with van der Waals surface area (Å²) in [6.45, 7) is 4.15. The molecule has 4 rings (SSSR count). The molecule has 0 radical (unpaired) electrons. The van der Waals surface area contributed by atoms with Gasteiger partial charge in [-0.15, -0.1) is 16.4 Å². The highest BCUT2D eigenvalue weighted by atomic mass is 32.1. The van der Waals surface area contributed by atoms with E-state index < -0.39 is 0 Å². The number of carbonyl (C=O) groups is 1. The monoisotopic (exact) mass is 385 g/mol. The third-order valence-corrected chi connectivity index (χ3v) is 5.01. The third kappa shape index (κ3) is 4.73. The number of aromatic nitrogens is 5. The van der Waals surface area contributed by atoms with Gasteiger partial charge >= 0.3 is 0 Å². The lowest BCUT2D eigenvalue weighted by atomic mass is 10.1. The Hall–Kier alpha value is -2.69. The van der Waals surface area contributed by atoms with Crippen LogP contribution in [0.1, 0.15) is 11.3 Å². The molecule has 0 aliphatic carbocycles. The molecule has 1 saturated heterocycles. The summed E-state index contributed by atoms with van der Waals surface area (Å²) in [6, 6.07) is 7.54. The number of tetrazole rings is 1. The summed E-state index contributed by atoms with van der Waals surface area (Å²) in [5, 5.41) is 16.6. The number of morpholine rings is 1. The summed E-state index contributed by atoms with van der Waals surface area (Å²) in [7, 11) is 0. The highest BCUT2D eigenvalue weighted by molar-refractivity contribution is 7.13. The molecule has 27 heavy (non-hydrogen) atoms. The van der Waals surface area contributed by atoms with Gasteiger partial charge in [-0.2, -0.15) is 0 Å². The first kappa shape index (κ1) is 17.7. The molecule has 10 heteroatoms. The topological polar surface area (TPSA) is 98.1 Å². The molecule has 1 aromatic carbocycles. The molecule has 9 nitrogen and oxygen atoms in total. The molecule has 0 spiro atoms. The van der Waals surface area contributed by atoms with Gasteiger partial charge in [-0.3, -0.25) is 9.69 Å². The fourth-order valence-electron chi connectivity index (χ4n) is 2.82. The summed E-state index contributed by atoms with van der Waals surface area (Å²) >= 11 is 1.45. The van der Waals surface area contributed by atoms with E-state index in [0.717, 1.165) is 49.8 Å². The molecule has 1 aliphatic heterocycles. The van der Waals surface area contributed by atoms with E-state index in [4.69, 9.17) is 4.74 Å². The van der Waals surface area contributed by atoms with Crippen LogP contribution < -0.4 is 5.32 Å². The molecule has 0 bridgehead atoms. The van der Waals surface area contributed by atoms with E-state index in [0.29, 0.717) is 5.13 Å². The Balaban J connectivity index is 1.30. The molecule has 1 amide bonds. The quantitative estimate of drug-likeness (QED) is 0.679. The lowest BCUT2D eigenvalue weighted by molar-refractivity contribution is -0.115. The largest absolute Gasteiger partial charge is 0.379 e. The minimum Gasteiger partial charge on any atom is -0.379 e. The number of hydrogen-bond acceptors (Lipinski definition) is 8. The van der Waals surface area contributed by atoms with E-state index in [1.165, 1.54) is 17.7 Å². The Bertz CT molecular complexity index is 873. The van der Waals surface area contributed by atoms with Gasteiger partial charge in [-0.1, -0.05) is 12.1 Å². The normalized spacial score (nSPS) is 15.0. The Morgan fingerprint density at radius 1 is 1.22 bits per heavy atom. The van der Waals surface area contributed by atoms with Crippen LogP contribution in [0.4, 0.5) is 5.13 Å². The van der Waals surface area contributed by atoms with E-state index in [1.807, 2.05) is 29.6 Å². The lowest BCUT2D eigenvalue weighted by Gasteiger charge is -2.25. The molecule has 0 unspecified atom stereocenters. The van der Waals surface area contributed by atoms with Crippen LogP contribution in [0.15, 0.2) is 36.0 Å². The smallest absolute Gasteiger partial charge is 0.230 e. The van der Waals surface area contributed by atoms with Crippen LogP contribution in [-0.2, 0) is 22.5 Å². The van der Waals surface area contributed by atoms with Gasteiger partial charge in [-0.25, -0.2) is 9.67 Å². The van der Waals surface area contributed by atoms with Gasteiger partial charge in [0, 0.05) is 25.0 Å². The van der Waals surface area contributed by atoms with Gasteiger partial charge in [0.1, 0.15) is 6.33 Å². The highest BCUT2D eigenvalue weighted by Crippen LogP contribution is 2.18. The van der Waals surface area contributed by atoms with Crippen molar-refractivity contribution in [1.29, 1.82) is 0 Å². The van der Waals surface area contributed by atoms with E-state index in [1.54, 1.807) is 4.68 Å². The lowest BCUT2D eigenvalue weighted by Crippen LogP contribution is -2.35. The van der Waals surface area contributed by atoms with E-state index in [2.05, 4.69) is 30.7 Å². The number of rotatable bonds is 6. The Morgan fingerprint density at radius 2 is 2.04 bits per heavy atom. The molecule has 1 fully saturated rings. The zero-order chi connectivity index (χ0) is 18.5. The second kappa shape index (κ2) is 8.33. The minimum atomic E-state index is -0.0857. The van der Waals surface area contributed by atoms with Crippen molar-refractivity contribution < 1.29 is 9.53 Å². The predicted molar refractivity (Wildman–Crippen MR) is 99.7 cm³/mol. The van der Waals surface area contributed by atoms with Gasteiger partial charge in [0.05, 0.1) is 31.0 Å². The second-order valence-electron chi connectivity index (χ2n) is 6.18. The SMILES string of the molecule is O=C(Cc1ccc(-n2cnnn2)cc1)Nc1nc(CN2CCOCC2)cs1. The average molecular weight is 385 g/mol. The first-order valence-corrected chi connectivity index (χ1v) is 9.51. The molecule has 2 aromatic heterocycles. The van der Waals surface area contributed by atoms with Crippen LogP contribution in [0.5, 0.6) is 0 Å². The van der Waals surface area contributed by atoms with Crippen molar-refractivity contribution in [3.63, 3.8) is 0 Å². The summed E-state index contributed by atoms with van der Waals surface area (Å²) in [5.41, 5.74) is 2.73. The number of carbonyl (C=O) groups excluding carboxylic acids is 1. The van der Waals surface area contributed by atoms with Crippen molar-refractivity contribution in [3.05, 3.63) is 47.2 Å². The summed E-state index contributed by atoms with van der Waals surface area (Å²) in [6.07, 6.45) is 1.81. The number of nitrogens with one attached hydrogen (secondary N) is 1. The van der Waals surface area contributed by atoms with E-state index >= 15 is 0 Å². The van der Waals surface area contributed by atoms with Gasteiger partial charge in [0.25, 0.3) is 0 Å². The Morgan fingerprint density at radius 3 is 2.78 bits per heavy atom. The van der Waals surface area contributed by atoms with Crippen molar-refractivity contribution in [2.24, 2.45) is 0 Å². The van der Waals surface area contributed by atoms with Crippen LogP contribution in [-0.4, -0.2) is 62.3 Å². The molecular formula is C17H19N7O2S. The van der Waals surface area contributed by atoms with Gasteiger partial charge < -0.3 is 10.1 Å². The van der Waals surface area contributed by atoms with Crippen LogP contribution in [0.25, 0.3) is 5.69 Å². The summed E-state index contributed by atoms with van der Waals surface area (Å²) in [5.74, 6) is -0.0857. The zero-order valence-electron chi connectivity index (χ0n) is 14.6. The fourth-order valence-corrected chi connectivity index (χ4v) is 3.54. The molecule has 0 saturated carbocycles. The molecule has 3 aromatic rings. The van der Waals surface area contributed by atoms with Crippen LogP contribution in [0, 0.1) is 0 Å². The number of anilines is 1. The standard InChI is InChI=1S/C17H19N7O2S/c25-16(9-13-1-3-15(4-2-13)24-12-18-21-22-24)20-17-19-14(11-27-17)10-23-5-7-26-8-6-23/h1-4,11-12H,5-10H2,(H,19,20,25). The summed E-state index contributed by atoms with van der Waals surface area (Å²) < 4.78 is 6.92. The number of benzene rings is 1. The maximum atomic E-state index is 12.3. The van der Waals surface area contributed by atoms with Crippen LogP contribution >= 0.6 is 11.3 Å². The van der Waals surface area contributed by atoms with Gasteiger partial charge in [0.15, 0.2) is 5.13 Å². The molecule has 1 aliphatic rings. The predicted octanol–water partition coefficient (Wildman–Crippen LogP) is 1.13. The third-order valence-electron chi connectivity index (χ3n) is 4.20. The maximum Gasteiger partial charge on any atom is 0.230 e. The van der Waals surface area contributed by atoms with Crippen LogP contribution in [0.3, 0.4) is 0 Å². The van der Waals surface area contributed by atoms with Gasteiger partial charge in [-0.05, 0) is 28.1 Å². The number of thiazole rings is 1. The number of amides is 1. The molecule has 140 valence electrons. The summed E-state index contributed by atoms with van der Waals surface area (Å²) in [4.78, 5) is 19.1. The molecule has 0 atom stereocenters. The second-order valence-corrected chi connectivity index (χ2v) is 7.04. The number of hydrogen-bond donors (Lipinski definition) is 1. The first-order valence-electron chi connectivity index (χ1n) is 8.63. The number of nitrogens with zero attached hydrogens (tertiary/aromatic N) is 6. The van der Waals surface area contributed by atoms with Crippen molar-refractivity contribution in [2.45, 2.75) is 13.0 Å². The fraction of sp³-hybridized carbons (Fsp3) is 0.353. The molecule has 3 heterocycles. The van der Waals surface area contributed by atoms with Crippen molar-refractivity contribution in [1.82, 2.24) is 30.1 Å². The zero-order valence-corrected chi connectivity index (χ0v) is 15.4. The molecule has 1 N–H and O–H groups in total. The minimum absolute atomic E-state index is 0.0857. The number of ether oxygens (including phenoxy) is 1. The Kier molecular flexibility index (Phi) is 5.47. The van der Waals surface area contributed by atoms with E-state index in [9.17, 15) is 4.79 Å². The maximum absolute atomic E-state index is 12.3. The Labute approximate surface area is 160 Å². The highest BCUT2D eigenvalue weighted by Gasteiger charge is 2.13. The van der Waals surface area contributed by atoms with Crippen LogP contribution in [0.2, 0.25) is 0 Å². The van der Waals surface area contributed by atoms with Gasteiger partial charge in [0.2, 0.25) is 5.91 Å². The van der Waals surface area contributed by atoms with E-state index in [-0.39, 0.29) is 12.3 Å². The molecular weight excluding hydrogens is 366 g/mol. The van der Waals surface area contributed by atoms with Crippen molar-refractivity contribution in [2.75, 3.05) is 31.6 Å². The van der Waals surface area contributed by atoms with Crippen molar-refractivity contribution in [3.8, 4) is 5.69 Å². The van der Waals surface area contributed by atoms with Crippen molar-refractivity contribution >= 4 is 22.4 Å². The first-order chi connectivity index (χ1) is 13.3. The average Bonchev–Trinajstić information content (AvgIpc) is 3.36.